The first kappa shape index (κ1) is 14.4. The van der Waals surface area contributed by atoms with E-state index in [0.717, 1.165) is 13.0 Å². The van der Waals surface area contributed by atoms with Crippen LogP contribution in [0.5, 0.6) is 0 Å². The van der Waals surface area contributed by atoms with E-state index in [0.29, 0.717) is 11.8 Å². The van der Waals surface area contributed by atoms with Gasteiger partial charge in [-0.3, -0.25) is 4.68 Å². The number of para-hydroxylation sites is 1. The summed E-state index contributed by atoms with van der Waals surface area (Å²) in [6.07, 6.45) is 0.954. The first-order valence-electron chi connectivity index (χ1n) is 7.13. The Morgan fingerprint density at radius 3 is 2.47 bits per heavy atom. The normalized spacial score (nSPS) is 15.1. The molecule has 104 valence electrons. The molecule has 2 atom stereocenters. The Morgan fingerprint density at radius 2 is 1.89 bits per heavy atom. The zero-order valence-electron chi connectivity index (χ0n) is 12.2. The fourth-order valence-corrected chi connectivity index (χ4v) is 3.12. The lowest BCUT2D eigenvalue weighted by atomic mass is 9.88. The number of hydrogen-bond donors (Lipinski definition) is 0. The number of rotatable bonds is 5. The SMILES string of the molecule is CCn1nc(CC(C(C)C)C(C)Cl)c2ccccc21. The predicted molar refractivity (Wildman–Crippen MR) is 82.8 cm³/mol. The van der Waals surface area contributed by atoms with E-state index in [1.165, 1.54) is 16.6 Å². The van der Waals surface area contributed by atoms with Crippen molar-refractivity contribution in [2.45, 2.75) is 46.0 Å². The van der Waals surface area contributed by atoms with Gasteiger partial charge in [-0.1, -0.05) is 32.0 Å². The highest BCUT2D eigenvalue weighted by Gasteiger charge is 2.22. The Morgan fingerprint density at radius 1 is 1.21 bits per heavy atom. The molecule has 2 unspecified atom stereocenters. The molecule has 0 aliphatic rings. The molecule has 1 aromatic heterocycles. The maximum absolute atomic E-state index is 6.35. The molecule has 0 radical (unpaired) electrons. The van der Waals surface area contributed by atoms with E-state index < -0.39 is 0 Å². The van der Waals surface area contributed by atoms with Gasteiger partial charge in [-0.05, 0) is 38.2 Å². The van der Waals surface area contributed by atoms with E-state index in [2.05, 4.69) is 56.6 Å². The van der Waals surface area contributed by atoms with Crippen LogP contribution in [0, 0.1) is 11.8 Å². The lowest BCUT2D eigenvalue weighted by Crippen LogP contribution is -2.21. The van der Waals surface area contributed by atoms with E-state index in [1.807, 2.05) is 0 Å². The van der Waals surface area contributed by atoms with Crippen LogP contribution in [0.2, 0.25) is 0 Å². The number of halogens is 1. The Hall–Kier alpha value is -1.02. The van der Waals surface area contributed by atoms with Crippen molar-refractivity contribution in [3.8, 4) is 0 Å². The van der Waals surface area contributed by atoms with Crippen molar-refractivity contribution in [3.05, 3.63) is 30.0 Å². The minimum atomic E-state index is 0.172. The molecule has 1 heterocycles. The molecule has 0 aliphatic carbocycles. The molecule has 2 nitrogen and oxygen atoms in total. The van der Waals surface area contributed by atoms with E-state index >= 15 is 0 Å². The molecule has 0 saturated heterocycles. The number of hydrogen-bond acceptors (Lipinski definition) is 1. The van der Waals surface area contributed by atoms with Gasteiger partial charge in [-0.25, -0.2) is 0 Å². The molecular weight excluding hydrogens is 256 g/mol. The zero-order chi connectivity index (χ0) is 14.0. The molecule has 0 N–H and O–H groups in total. The fraction of sp³-hybridized carbons (Fsp3) is 0.562. The van der Waals surface area contributed by atoms with Crippen LogP contribution in [0.15, 0.2) is 24.3 Å². The lowest BCUT2D eigenvalue weighted by Gasteiger charge is -2.22. The molecule has 19 heavy (non-hydrogen) atoms. The standard InChI is InChI=1S/C16H23ClN2/c1-5-19-16-9-7-6-8-13(16)15(18-19)10-14(11(2)3)12(4)17/h6-9,11-12,14H,5,10H2,1-4H3. The summed E-state index contributed by atoms with van der Waals surface area (Å²) >= 11 is 6.35. The molecule has 2 rings (SSSR count). The predicted octanol–water partition coefficient (Wildman–Crippen LogP) is 4.50. The van der Waals surface area contributed by atoms with Crippen molar-refractivity contribution in [3.63, 3.8) is 0 Å². The third kappa shape index (κ3) is 2.94. The number of aromatic nitrogens is 2. The van der Waals surface area contributed by atoms with Crippen LogP contribution in [-0.4, -0.2) is 15.2 Å². The van der Waals surface area contributed by atoms with Gasteiger partial charge in [0.05, 0.1) is 11.2 Å². The highest BCUT2D eigenvalue weighted by Crippen LogP contribution is 2.27. The smallest absolute Gasteiger partial charge is 0.0706 e. The van der Waals surface area contributed by atoms with Gasteiger partial charge in [-0.15, -0.1) is 11.6 Å². The maximum Gasteiger partial charge on any atom is 0.0706 e. The molecule has 1 aromatic carbocycles. The van der Waals surface area contributed by atoms with Gasteiger partial charge in [0.2, 0.25) is 0 Å². The summed E-state index contributed by atoms with van der Waals surface area (Å²) in [7, 11) is 0. The third-order valence-corrected chi connectivity index (χ3v) is 4.23. The van der Waals surface area contributed by atoms with Crippen LogP contribution in [0.1, 0.15) is 33.4 Å². The van der Waals surface area contributed by atoms with Crippen LogP contribution < -0.4 is 0 Å². The van der Waals surface area contributed by atoms with Gasteiger partial charge in [0, 0.05) is 17.3 Å². The molecule has 2 aromatic rings. The second kappa shape index (κ2) is 5.96. The Labute approximate surface area is 120 Å². The summed E-state index contributed by atoms with van der Waals surface area (Å²) in [6, 6.07) is 8.47. The second-order valence-corrected chi connectivity index (χ2v) is 6.26. The number of aryl methyl sites for hydroxylation is 1. The van der Waals surface area contributed by atoms with Crippen LogP contribution in [0.4, 0.5) is 0 Å². The van der Waals surface area contributed by atoms with Crippen molar-refractivity contribution in [1.29, 1.82) is 0 Å². The van der Waals surface area contributed by atoms with Gasteiger partial charge < -0.3 is 0 Å². The summed E-state index contributed by atoms with van der Waals surface area (Å²) in [6.45, 7) is 9.60. The largest absolute Gasteiger partial charge is 0.265 e. The highest BCUT2D eigenvalue weighted by molar-refractivity contribution is 6.20. The van der Waals surface area contributed by atoms with Gasteiger partial charge in [0.15, 0.2) is 0 Å². The molecule has 0 aliphatic heterocycles. The van der Waals surface area contributed by atoms with E-state index in [-0.39, 0.29) is 5.38 Å². The van der Waals surface area contributed by atoms with E-state index in [9.17, 15) is 0 Å². The van der Waals surface area contributed by atoms with Crippen LogP contribution >= 0.6 is 11.6 Å². The lowest BCUT2D eigenvalue weighted by molar-refractivity contribution is 0.372. The average Bonchev–Trinajstić information content (AvgIpc) is 2.73. The zero-order valence-corrected chi connectivity index (χ0v) is 13.0. The summed E-state index contributed by atoms with van der Waals surface area (Å²) in [5.74, 6) is 1.03. The molecule has 3 heteroatoms. The van der Waals surface area contributed by atoms with Gasteiger partial charge in [-0.2, -0.15) is 5.10 Å². The maximum atomic E-state index is 6.35. The van der Waals surface area contributed by atoms with Crippen molar-refractivity contribution in [2.24, 2.45) is 11.8 Å². The number of fused-ring (bicyclic) bond motifs is 1. The quantitative estimate of drug-likeness (QED) is 0.737. The summed E-state index contributed by atoms with van der Waals surface area (Å²) in [5.41, 5.74) is 2.41. The Kier molecular flexibility index (Phi) is 4.51. The molecule has 0 amide bonds. The Bertz CT molecular complexity index is 535. The van der Waals surface area contributed by atoms with Crippen LogP contribution in [0.3, 0.4) is 0 Å². The fourth-order valence-electron chi connectivity index (χ4n) is 2.74. The molecule has 0 fully saturated rings. The van der Waals surface area contributed by atoms with Gasteiger partial charge in [0.1, 0.15) is 0 Å². The summed E-state index contributed by atoms with van der Waals surface area (Å²) in [4.78, 5) is 0. The topological polar surface area (TPSA) is 17.8 Å². The molecule has 0 spiro atoms. The number of alkyl halides is 1. The summed E-state index contributed by atoms with van der Waals surface area (Å²) < 4.78 is 2.08. The molecule has 0 saturated carbocycles. The Balaban J connectivity index is 2.40. The van der Waals surface area contributed by atoms with E-state index in [4.69, 9.17) is 16.7 Å². The van der Waals surface area contributed by atoms with Crippen LogP contribution in [-0.2, 0) is 13.0 Å². The van der Waals surface area contributed by atoms with Gasteiger partial charge in [0.25, 0.3) is 0 Å². The minimum absolute atomic E-state index is 0.172. The number of benzene rings is 1. The van der Waals surface area contributed by atoms with Crippen molar-refractivity contribution < 1.29 is 0 Å². The summed E-state index contributed by atoms with van der Waals surface area (Å²) in [5, 5.41) is 6.21. The van der Waals surface area contributed by atoms with Crippen molar-refractivity contribution in [2.75, 3.05) is 0 Å². The first-order chi connectivity index (χ1) is 9.04. The molecule has 0 bridgehead atoms. The number of nitrogens with zero attached hydrogens (tertiary/aromatic N) is 2. The van der Waals surface area contributed by atoms with Crippen molar-refractivity contribution >= 4 is 22.5 Å². The highest BCUT2D eigenvalue weighted by atomic mass is 35.5. The second-order valence-electron chi connectivity index (χ2n) is 5.57. The van der Waals surface area contributed by atoms with Crippen molar-refractivity contribution in [1.82, 2.24) is 9.78 Å². The first-order valence-corrected chi connectivity index (χ1v) is 7.56. The average molecular weight is 279 g/mol. The third-order valence-electron chi connectivity index (χ3n) is 3.91. The molecular formula is C16H23ClN2. The minimum Gasteiger partial charge on any atom is -0.265 e. The van der Waals surface area contributed by atoms with Crippen LogP contribution in [0.25, 0.3) is 10.9 Å². The van der Waals surface area contributed by atoms with Gasteiger partial charge >= 0.3 is 0 Å². The monoisotopic (exact) mass is 278 g/mol. The van der Waals surface area contributed by atoms with E-state index in [1.54, 1.807) is 0 Å².